The van der Waals surface area contributed by atoms with E-state index in [-0.39, 0.29) is 6.54 Å². The zero-order chi connectivity index (χ0) is 7.44. The van der Waals surface area contributed by atoms with Crippen LogP contribution < -0.4 is 5.73 Å². The van der Waals surface area contributed by atoms with E-state index < -0.39 is 17.7 Å². The van der Waals surface area contributed by atoms with Gasteiger partial charge in [-0.2, -0.15) is 0 Å². The predicted molar refractivity (Wildman–Crippen MR) is 30.9 cm³/mol. The first-order valence-electron chi connectivity index (χ1n) is 2.55. The van der Waals surface area contributed by atoms with E-state index in [2.05, 4.69) is 0 Å². The molecule has 0 aliphatic rings. The lowest BCUT2D eigenvalue weighted by Crippen LogP contribution is -2.26. The molecular weight excluding hydrogens is 122 g/mol. The largest absolute Gasteiger partial charge is 0.481 e. The van der Waals surface area contributed by atoms with Gasteiger partial charge < -0.3 is 10.8 Å². The van der Waals surface area contributed by atoms with Gasteiger partial charge in [0, 0.05) is 0 Å². The number of nitrogens with two attached hydrogens (primary N) is 1. The second-order valence-electron chi connectivity index (χ2n) is 1.73. The summed E-state index contributed by atoms with van der Waals surface area (Å²) in [5.41, 5.74) is 4.90. The molecule has 1 unspecified atom stereocenters. The summed E-state index contributed by atoms with van der Waals surface area (Å²) in [6.07, 6.45) is 0. The Morgan fingerprint density at radius 2 is 2.11 bits per heavy atom. The first-order valence-corrected chi connectivity index (χ1v) is 2.55. The fourth-order valence-electron chi connectivity index (χ4n) is 0.314. The van der Waals surface area contributed by atoms with Gasteiger partial charge in [0.1, 0.15) is 5.92 Å². The summed E-state index contributed by atoms with van der Waals surface area (Å²) in [6.45, 7) is 1.12. The van der Waals surface area contributed by atoms with Crippen molar-refractivity contribution in [1.29, 1.82) is 0 Å². The van der Waals surface area contributed by atoms with E-state index in [1.807, 2.05) is 0 Å². The standard InChI is InChI=1S/C5H9NO3/c1-3(5(8)9)4(7)2-6/h3H,2,6H2,1H3,(H,8,9). The number of rotatable bonds is 3. The Bertz CT molecular complexity index is 132. The van der Waals surface area contributed by atoms with Crippen molar-refractivity contribution < 1.29 is 14.7 Å². The molecule has 0 saturated heterocycles. The van der Waals surface area contributed by atoms with Crippen molar-refractivity contribution in [2.45, 2.75) is 6.92 Å². The maximum absolute atomic E-state index is 10.4. The van der Waals surface area contributed by atoms with E-state index in [0.29, 0.717) is 0 Å². The van der Waals surface area contributed by atoms with Gasteiger partial charge in [-0.1, -0.05) is 0 Å². The van der Waals surface area contributed by atoms with Gasteiger partial charge in [0.05, 0.1) is 6.54 Å². The number of Topliss-reactive ketones (excluding diaryl/α,β-unsaturated/α-hetero) is 1. The highest BCUT2D eigenvalue weighted by molar-refractivity contribution is 5.98. The number of carbonyl (C=O) groups excluding carboxylic acids is 1. The lowest BCUT2D eigenvalue weighted by atomic mass is 10.1. The smallest absolute Gasteiger partial charge is 0.313 e. The van der Waals surface area contributed by atoms with E-state index in [0.717, 1.165) is 0 Å². The van der Waals surface area contributed by atoms with Crippen LogP contribution in [0.5, 0.6) is 0 Å². The third-order valence-corrected chi connectivity index (χ3v) is 1.05. The third-order valence-electron chi connectivity index (χ3n) is 1.05. The predicted octanol–water partition coefficient (Wildman–Crippen LogP) is -0.765. The molecule has 0 aliphatic heterocycles. The minimum atomic E-state index is -1.12. The van der Waals surface area contributed by atoms with Crippen molar-refractivity contribution in [1.82, 2.24) is 0 Å². The normalized spacial score (nSPS) is 12.7. The lowest BCUT2D eigenvalue weighted by molar-refractivity contribution is -0.145. The Balaban J connectivity index is 3.88. The van der Waals surface area contributed by atoms with Gasteiger partial charge >= 0.3 is 5.97 Å². The van der Waals surface area contributed by atoms with Crippen molar-refractivity contribution in [3.8, 4) is 0 Å². The highest BCUT2D eigenvalue weighted by Gasteiger charge is 2.17. The lowest BCUT2D eigenvalue weighted by Gasteiger charge is -1.99. The SMILES string of the molecule is CC(C(=O)O)C(=O)CN. The van der Waals surface area contributed by atoms with Crippen LogP contribution in [0.4, 0.5) is 0 Å². The van der Waals surface area contributed by atoms with Gasteiger partial charge in [0.25, 0.3) is 0 Å². The molecule has 9 heavy (non-hydrogen) atoms. The molecule has 0 spiro atoms. The molecule has 0 amide bonds. The number of carboxylic acid groups (broad SMARTS) is 1. The molecule has 1 atom stereocenters. The highest BCUT2D eigenvalue weighted by atomic mass is 16.4. The third kappa shape index (κ3) is 2.23. The Kier molecular flexibility index (Phi) is 2.87. The van der Waals surface area contributed by atoms with Crippen LogP contribution in [-0.4, -0.2) is 23.4 Å². The zero-order valence-electron chi connectivity index (χ0n) is 5.13. The van der Waals surface area contributed by atoms with Gasteiger partial charge in [0.2, 0.25) is 0 Å². The minimum Gasteiger partial charge on any atom is -0.481 e. The summed E-state index contributed by atoms with van der Waals surface area (Å²) in [5.74, 6) is -2.53. The molecule has 4 nitrogen and oxygen atoms in total. The molecule has 0 aromatic heterocycles. The van der Waals surface area contributed by atoms with Crippen LogP contribution in [0.2, 0.25) is 0 Å². The van der Waals surface area contributed by atoms with Crippen LogP contribution in [0.25, 0.3) is 0 Å². The van der Waals surface area contributed by atoms with Gasteiger partial charge in [-0.15, -0.1) is 0 Å². The zero-order valence-corrected chi connectivity index (χ0v) is 5.13. The number of hydrogen-bond donors (Lipinski definition) is 2. The van der Waals surface area contributed by atoms with Crippen molar-refractivity contribution in [3.63, 3.8) is 0 Å². The Labute approximate surface area is 52.7 Å². The monoisotopic (exact) mass is 131 g/mol. The van der Waals surface area contributed by atoms with Crippen molar-refractivity contribution in [3.05, 3.63) is 0 Å². The molecule has 0 aromatic rings. The number of hydrogen-bond acceptors (Lipinski definition) is 3. The van der Waals surface area contributed by atoms with E-state index in [1.165, 1.54) is 6.92 Å². The van der Waals surface area contributed by atoms with E-state index in [9.17, 15) is 9.59 Å². The average molecular weight is 131 g/mol. The van der Waals surface area contributed by atoms with Gasteiger partial charge in [-0.05, 0) is 6.92 Å². The number of aliphatic carboxylic acids is 1. The Hall–Kier alpha value is -0.900. The van der Waals surface area contributed by atoms with Crippen LogP contribution >= 0.6 is 0 Å². The Morgan fingerprint density at radius 1 is 1.67 bits per heavy atom. The molecule has 0 rings (SSSR count). The number of ketones is 1. The summed E-state index contributed by atoms with van der Waals surface area (Å²) >= 11 is 0. The minimum absolute atomic E-state index is 0.201. The van der Waals surface area contributed by atoms with Crippen LogP contribution in [0, 0.1) is 5.92 Å². The topological polar surface area (TPSA) is 80.4 Å². The highest BCUT2D eigenvalue weighted by Crippen LogP contribution is 1.93. The van der Waals surface area contributed by atoms with Crippen LogP contribution in [0.1, 0.15) is 6.92 Å². The second-order valence-corrected chi connectivity index (χ2v) is 1.73. The molecule has 3 N–H and O–H groups in total. The van der Waals surface area contributed by atoms with Gasteiger partial charge in [0.15, 0.2) is 5.78 Å². The maximum atomic E-state index is 10.4. The summed E-state index contributed by atoms with van der Waals surface area (Å²) in [6, 6.07) is 0. The van der Waals surface area contributed by atoms with Crippen molar-refractivity contribution in [2.75, 3.05) is 6.54 Å². The van der Waals surface area contributed by atoms with E-state index in [4.69, 9.17) is 10.8 Å². The fraction of sp³-hybridized carbons (Fsp3) is 0.600. The molecular formula is C5H9NO3. The molecule has 0 fully saturated rings. The molecule has 0 aromatic carbocycles. The first-order chi connectivity index (χ1) is 4.09. The molecule has 0 aliphatic carbocycles. The van der Waals surface area contributed by atoms with Gasteiger partial charge in [-0.3, -0.25) is 9.59 Å². The molecule has 0 heterocycles. The molecule has 52 valence electrons. The molecule has 4 heteroatoms. The van der Waals surface area contributed by atoms with Crippen molar-refractivity contribution >= 4 is 11.8 Å². The summed E-state index contributed by atoms with van der Waals surface area (Å²) in [7, 11) is 0. The summed E-state index contributed by atoms with van der Waals surface area (Å²) in [5, 5.41) is 8.21. The number of carboxylic acids is 1. The summed E-state index contributed by atoms with van der Waals surface area (Å²) in [4.78, 5) is 20.5. The number of carbonyl (C=O) groups is 2. The Morgan fingerprint density at radius 3 is 2.22 bits per heavy atom. The van der Waals surface area contributed by atoms with Crippen LogP contribution in [-0.2, 0) is 9.59 Å². The second kappa shape index (κ2) is 3.19. The van der Waals surface area contributed by atoms with Crippen molar-refractivity contribution in [2.24, 2.45) is 11.7 Å². The molecule has 0 bridgehead atoms. The van der Waals surface area contributed by atoms with Crippen LogP contribution in [0.3, 0.4) is 0 Å². The average Bonchev–Trinajstić information content (AvgIpc) is 1.84. The van der Waals surface area contributed by atoms with Gasteiger partial charge in [-0.25, -0.2) is 0 Å². The molecule has 0 saturated carbocycles. The molecule has 0 radical (unpaired) electrons. The van der Waals surface area contributed by atoms with E-state index >= 15 is 0 Å². The first kappa shape index (κ1) is 8.10. The summed E-state index contributed by atoms with van der Waals surface area (Å²) < 4.78 is 0. The fourth-order valence-corrected chi connectivity index (χ4v) is 0.314. The van der Waals surface area contributed by atoms with E-state index in [1.54, 1.807) is 0 Å². The van der Waals surface area contributed by atoms with Crippen LogP contribution in [0.15, 0.2) is 0 Å². The quantitative estimate of drug-likeness (QED) is 0.493. The maximum Gasteiger partial charge on any atom is 0.313 e.